The molecular weight excluding hydrogens is 693 g/mol. The summed E-state index contributed by atoms with van der Waals surface area (Å²) in [4.78, 5) is 15.5. The minimum atomic E-state index is 0.619. The molecule has 0 bridgehead atoms. The summed E-state index contributed by atoms with van der Waals surface area (Å²) in [6.45, 7) is 0. The van der Waals surface area contributed by atoms with Gasteiger partial charge in [0, 0.05) is 32.8 Å². The van der Waals surface area contributed by atoms with E-state index < -0.39 is 0 Å². The predicted octanol–water partition coefficient (Wildman–Crippen LogP) is 13.6. The first-order valence-corrected chi connectivity index (χ1v) is 19.3. The standard InChI is InChI=1S/C53H34N4/c1-3-15-35(16-4-1)38-22-13-23-41(31-38)52-54-51(37-18-5-2-6-19-37)55-53(56-52)42-32-39-20-8-10-25-45(39)49(34-42)57-48-28-12-11-26-46(48)47-30-29-40(33-50(47)57)44-27-14-21-36-17-7-9-24-43(36)44/h1-34H. The molecule has 4 heteroatoms. The Morgan fingerprint density at radius 2 is 0.842 bits per heavy atom. The number of para-hydroxylation sites is 1. The van der Waals surface area contributed by atoms with E-state index in [9.17, 15) is 0 Å². The molecule has 0 saturated heterocycles. The molecule has 0 unspecified atom stereocenters. The molecule has 0 aliphatic heterocycles. The van der Waals surface area contributed by atoms with Gasteiger partial charge in [-0.05, 0) is 68.7 Å². The van der Waals surface area contributed by atoms with Crippen molar-refractivity contribution in [1.82, 2.24) is 19.5 Å². The van der Waals surface area contributed by atoms with Crippen LogP contribution in [0.5, 0.6) is 0 Å². The van der Waals surface area contributed by atoms with Gasteiger partial charge in [0.1, 0.15) is 0 Å². The first-order chi connectivity index (χ1) is 28.2. The second kappa shape index (κ2) is 13.6. The third-order valence-electron chi connectivity index (χ3n) is 11.0. The van der Waals surface area contributed by atoms with Crippen molar-refractivity contribution in [3.8, 4) is 62.1 Å². The molecule has 0 aliphatic carbocycles. The molecule has 0 amide bonds. The van der Waals surface area contributed by atoms with Crippen LogP contribution in [0.25, 0.3) is 105 Å². The Kier molecular flexibility index (Phi) is 7.78. The van der Waals surface area contributed by atoms with Gasteiger partial charge in [-0.3, -0.25) is 0 Å². The number of nitrogens with zero attached hydrogens (tertiary/aromatic N) is 4. The average Bonchev–Trinajstić information content (AvgIpc) is 3.62. The van der Waals surface area contributed by atoms with Crippen LogP contribution in [-0.4, -0.2) is 19.5 Å². The highest BCUT2D eigenvalue weighted by molar-refractivity contribution is 6.12. The summed E-state index contributed by atoms with van der Waals surface area (Å²) in [7, 11) is 0. The Labute approximate surface area is 330 Å². The molecule has 2 aromatic heterocycles. The van der Waals surface area contributed by atoms with Crippen LogP contribution in [0.4, 0.5) is 0 Å². The molecule has 0 saturated carbocycles. The minimum Gasteiger partial charge on any atom is -0.309 e. The Balaban J connectivity index is 1.15. The lowest BCUT2D eigenvalue weighted by atomic mass is 9.97. The quantitative estimate of drug-likeness (QED) is 0.171. The lowest BCUT2D eigenvalue weighted by Gasteiger charge is -2.15. The molecule has 0 atom stereocenters. The van der Waals surface area contributed by atoms with Gasteiger partial charge in [-0.25, -0.2) is 15.0 Å². The lowest BCUT2D eigenvalue weighted by Crippen LogP contribution is -2.02. The van der Waals surface area contributed by atoms with Crippen molar-refractivity contribution in [3.05, 3.63) is 206 Å². The van der Waals surface area contributed by atoms with Crippen LogP contribution in [-0.2, 0) is 0 Å². The maximum Gasteiger partial charge on any atom is 0.164 e. The normalized spacial score (nSPS) is 11.5. The number of hydrogen-bond acceptors (Lipinski definition) is 3. The SMILES string of the molecule is c1ccc(-c2cccc(-c3nc(-c4ccccc4)nc(-c4cc(-n5c6ccccc6c6ccc(-c7cccc8ccccc78)cc65)c5ccccc5c4)n3)c2)cc1. The zero-order valence-corrected chi connectivity index (χ0v) is 30.9. The van der Waals surface area contributed by atoms with Crippen molar-refractivity contribution in [2.75, 3.05) is 0 Å². The van der Waals surface area contributed by atoms with E-state index in [4.69, 9.17) is 15.0 Å². The summed E-state index contributed by atoms with van der Waals surface area (Å²) < 4.78 is 2.43. The molecule has 0 aliphatic rings. The molecule has 0 radical (unpaired) electrons. The van der Waals surface area contributed by atoms with Gasteiger partial charge in [0.25, 0.3) is 0 Å². The van der Waals surface area contributed by atoms with Crippen LogP contribution < -0.4 is 0 Å². The fourth-order valence-corrected chi connectivity index (χ4v) is 8.30. The fourth-order valence-electron chi connectivity index (χ4n) is 8.30. The maximum atomic E-state index is 5.24. The molecule has 0 N–H and O–H groups in total. The van der Waals surface area contributed by atoms with Crippen molar-refractivity contribution in [1.29, 1.82) is 0 Å². The molecule has 9 aromatic carbocycles. The van der Waals surface area contributed by atoms with Crippen molar-refractivity contribution in [2.24, 2.45) is 0 Å². The number of fused-ring (bicyclic) bond motifs is 5. The van der Waals surface area contributed by atoms with Gasteiger partial charge in [0.2, 0.25) is 0 Å². The van der Waals surface area contributed by atoms with E-state index in [1.54, 1.807) is 0 Å². The van der Waals surface area contributed by atoms with E-state index in [0.29, 0.717) is 17.5 Å². The number of aromatic nitrogens is 4. The first-order valence-electron chi connectivity index (χ1n) is 19.3. The molecule has 2 heterocycles. The van der Waals surface area contributed by atoms with Gasteiger partial charge in [-0.2, -0.15) is 0 Å². The molecule has 4 nitrogen and oxygen atoms in total. The molecule has 266 valence electrons. The van der Waals surface area contributed by atoms with E-state index in [0.717, 1.165) is 55.3 Å². The zero-order chi connectivity index (χ0) is 37.7. The zero-order valence-electron chi connectivity index (χ0n) is 30.9. The Morgan fingerprint density at radius 1 is 0.281 bits per heavy atom. The van der Waals surface area contributed by atoms with Crippen molar-refractivity contribution in [2.45, 2.75) is 0 Å². The number of benzene rings is 9. The summed E-state index contributed by atoms with van der Waals surface area (Å²) in [6, 6.07) is 72.9. The fraction of sp³-hybridized carbons (Fsp3) is 0. The van der Waals surface area contributed by atoms with Gasteiger partial charge in [0.05, 0.1) is 16.7 Å². The van der Waals surface area contributed by atoms with Crippen molar-refractivity contribution >= 4 is 43.4 Å². The van der Waals surface area contributed by atoms with Crippen LogP contribution in [0, 0.1) is 0 Å². The summed E-state index contributed by atoms with van der Waals surface area (Å²) in [5, 5.41) is 7.13. The van der Waals surface area contributed by atoms with E-state index in [-0.39, 0.29) is 0 Å². The van der Waals surface area contributed by atoms with Gasteiger partial charge < -0.3 is 4.57 Å². The third-order valence-corrected chi connectivity index (χ3v) is 11.0. The highest BCUT2D eigenvalue weighted by Gasteiger charge is 2.19. The predicted molar refractivity (Wildman–Crippen MR) is 236 cm³/mol. The highest BCUT2D eigenvalue weighted by atomic mass is 15.0. The van der Waals surface area contributed by atoms with Gasteiger partial charge >= 0.3 is 0 Å². The van der Waals surface area contributed by atoms with E-state index in [1.807, 2.05) is 24.3 Å². The van der Waals surface area contributed by atoms with E-state index in [1.165, 1.54) is 32.7 Å². The summed E-state index contributed by atoms with van der Waals surface area (Å²) in [5.41, 5.74) is 10.8. The first kappa shape index (κ1) is 32.7. The van der Waals surface area contributed by atoms with Crippen molar-refractivity contribution in [3.63, 3.8) is 0 Å². The monoisotopic (exact) mass is 726 g/mol. The lowest BCUT2D eigenvalue weighted by molar-refractivity contribution is 1.07. The van der Waals surface area contributed by atoms with Gasteiger partial charge in [-0.1, -0.05) is 176 Å². The summed E-state index contributed by atoms with van der Waals surface area (Å²) in [5.74, 6) is 1.88. The number of rotatable bonds is 6. The highest BCUT2D eigenvalue weighted by Crippen LogP contribution is 2.40. The van der Waals surface area contributed by atoms with Crippen LogP contribution in [0.2, 0.25) is 0 Å². The molecule has 11 aromatic rings. The van der Waals surface area contributed by atoms with E-state index >= 15 is 0 Å². The summed E-state index contributed by atoms with van der Waals surface area (Å²) in [6.07, 6.45) is 0. The van der Waals surface area contributed by atoms with Crippen molar-refractivity contribution < 1.29 is 0 Å². The minimum absolute atomic E-state index is 0.619. The second-order valence-electron chi connectivity index (χ2n) is 14.4. The molecule has 0 fully saturated rings. The second-order valence-corrected chi connectivity index (χ2v) is 14.4. The van der Waals surface area contributed by atoms with Crippen LogP contribution in [0.15, 0.2) is 206 Å². The smallest absolute Gasteiger partial charge is 0.164 e. The van der Waals surface area contributed by atoms with Crippen LogP contribution in [0.1, 0.15) is 0 Å². The Bertz CT molecular complexity index is 3290. The average molecular weight is 727 g/mol. The molecule has 0 spiro atoms. The Hall–Kier alpha value is -7.69. The van der Waals surface area contributed by atoms with Crippen LogP contribution >= 0.6 is 0 Å². The largest absolute Gasteiger partial charge is 0.309 e. The molecule has 57 heavy (non-hydrogen) atoms. The summed E-state index contributed by atoms with van der Waals surface area (Å²) >= 11 is 0. The Morgan fingerprint density at radius 3 is 1.65 bits per heavy atom. The topological polar surface area (TPSA) is 43.6 Å². The van der Waals surface area contributed by atoms with E-state index in [2.05, 4.69) is 187 Å². The molecule has 11 rings (SSSR count). The number of hydrogen-bond donors (Lipinski definition) is 0. The van der Waals surface area contributed by atoms with Gasteiger partial charge in [0.15, 0.2) is 17.5 Å². The van der Waals surface area contributed by atoms with Crippen LogP contribution in [0.3, 0.4) is 0 Å². The molecular formula is C53H34N4. The third kappa shape index (κ3) is 5.74. The van der Waals surface area contributed by atoms with Gasteiger partial charge in [-0.15, -0.1) is 0 Å². The maximum absolute atomic E-state index is 5.24.